The molecule has 0 fully saturated rings. The van der Waals surface area contributed by atoms with Crippen LogP contribution in [0.5, 0.6) is 0 Å². The third-order valence-corrected chi connectivity index (χ3v) is 1.73. The normalized spacial score (nSPS) is 6.33. The Morgan fingerprint density at radius 3 is 1.67 bits per heavy atom. The van der Waals surface area contributed by atoms with Crippen molar-refractivity contribution in [3.8, 4) is 0 Å². The summed E-state index contributed by atoms with van der Waals surface area (Å²) in [5, 5.41) is 2.85. The molecular formula is C4H11AlLi. The van der Waals surface area contributed by atoms with Gasteiger partial charge in [-0.1, -0.05) is 13.8 Å². The van der Waals surface area contributed by atoms with Crippen LogP contribution in [0.1, 0.15) is 15.3 Å². The van der Waals surface area contributed by atoms with Gasteiger partial charge in [-0.25, -0.2) is 0 Å². The second kappa shape index (κ2) is 9.46. The van der Waals surface area contributed by atoms with Gasteiger partial charge < -0.3 is 1.43 Å². The van der Waals surface area contributed by atoms with Crippen LogP contribution in [0.25, 0.3) is 0 Å². The molecule has 0 aromatic carbocycles. The van der Waals surface area contributed by atoms with Gasteiger partial charge in [0.05, 0.1) is 0 Å². The van der Waals surface area contributed by atoms with Gasteiger partial charge in [-0.15, -0.1) is 10.6 Å². The average molecular weight is 93.1 g/mol. The first-order valence-corrected chi connectivity index (χ1v) is 3.86. The van der Waals surface area contributed by atoms with Crippen LogP contribution in [0.3, 0.4) is 0 Å². The molecule has 0 bridgehead atoms. The second-order valence-electron chi connectivity index (χ2n) is 1.11. The van der Waals surface area contributed by atoms with Gasteiger partial charge in [0.15, 0.2) is 15.2 Å². The van der Waals surface area contributed by atoms with Crippen LogP contribution >= 0.6 is 0 Å². The first kappa shape index (κ1) is 10.2. The zero-order valence-electron chi connectivity index (χ0n) is 5.99. The molecule has 0 saturated carbocycles. The van der Waals surface area contributed by atoms with Crippen LogP contribution in [0, 0.1) is 0 Å². The van der Waals surface area contributed by atoms with Crippen molar-refractivity contribution < 1.29 is 20.3 Å². The Labute approximate surface area is 60.1 Å². The fourth-order valence-electron chi connectivity index (χ4n) is 0.289. The van der Waals surface area contributed by atoms with Crippen molar-refractivity contribution in [2.24, 2.45) is 0 Å². The Balaban J connectivity index is -0.0000000800. The summed E-state index contributed by atoms with van der Waals surface area (Å²) in [6.07, 6.45) is 0. The van der Waals surface area contributed by atoms with Crippen molar-refractivity contribution in [1.29, 1.82) is 0 Å². The second-order valence-corrected chi connectivity index (χ2v) is 3.32. The maximum Gasteiger partial charge on any atom is 1.00 e. The van der Waals surface area contributed by atoms with Crippen LogP contribution in [0.15, 0.2) is 0 Å². The minimum atomic E-state index is 0. The predicted molar refractivity (Wildman–Crippen MR) is 27.8 cm³/mol. The minimum Gasteiger partial charge on any atom is -1.00 e. The predicted octanol–water partition coefficient (Wildman–Crippen LogP) is -1.32. The summed E-state index contributed by atoms with van der Waals surface area (Å²) in [7, 11) is 0. The summed E-state index contributed by atoms with van der Waals surface area (Å²) in [6.45, 7) is 4.50. The SMILES string of the molecule is C[CH2][Al][CH2]C.[H-].[Li+]. The summed E-state index contributed by atoms with van der Waals surface area (Å²) < 4.78 is 0. The average Bonchev–Trinajstić information content (AvgIpc) is 1.41. The molecule has 31 valence electrons. The van der Waals surface area contributed by atoms with Crippen molar-refractivity contribution in [1.82, 2.24) is 0 Å². The molecule has 0 aromatic heterocycles. The summed E-state index contributed by atoms with van der Waals surface area (Å²) in [4.78, 5) is 0. The van der Waals surface area contributed by atoms with E-state index in [1.54, 1.807) is 0 Å². The van der Waals surface area contributed by atoms with Gasteiger partial charge in [-0.05, 0) is 0 Å². The monoisotopic (exact) mass is 93.1 g/mol. The standard InChI is InChI=1S/2C2H5.Al.Li.H/c2*1-2;;;/h2*1H2,2H3;;;/q;;;+1;-1. The number of hydrogen-bond acceptors (Lipinski definition) is 0. The maximum atomic E-state index is 2.25. The Bertz CT molecular complexity index is 19.2. The molecule has 0 saturated heterocycles. The van der Waals surface area contributed by atoms with Gasteiger partial charge >= 0.3 is 18.9 Å². The number of hydrogen-bond donors (Lipinski definition) is 0. The van der Waals surface area contributed by atoms with Crippen molar-refractivity contribution in [3.63, 3.8) is 0 Å². The van der Waals surface area contributed by atoms with E-state index >= 15 is 0 Å². The molecule has 2 heteroatoms. The molecule has 0 N–H and O–H groups in total. The van der Waals surface area contributed by atoms with E-state index in [0.717, 1.165) is 15.2 Å². The molecule has 0 aliphatic heterocycles. The Morgan fingerprint density at radius 1 is 1.33 bits per heavy atom. The van der Waals surface area contributed by atoms with E-state index in [0.29, 0.717) is 0 Å². The molecule has 0 rings (SSSR count). The van der Waals surface area contributed by atoms with Crippen molar-refractivity contribution in [2.75, 3.05) is 0 Å². The van der Waals surface area contributed by atoms with Crippen LogP contribution in [0.4, 0.5) is 0 Å². The Kier molecular flexibility index (Phi) is 16.0. The Hall–Kier alpha value is 1.13. The fraction of sp³-hybridized carbons (Fsp3) is 1.00. The molecule has 0 atom stereocenters. The zero-order chi connectivity index (χ0) is 4.12. The summed E-state index contributed by atoms with van der Waals surface area (Å²) in [5.41, 5.74) is 0. The molecular weight excluding hydrogens is 82.0 g/mol. The third kappa shape index (κ3) is 8.93. The molecule has 0 heterocycles. The van der Waals surface area contributed by atoms with E-state index in [1.165, 1.54) is 10.6 Å². The van der Waals surface area contributed by atoms with Crippen LogP contribution in [0.2, 0.25) is 10.6 Å². The minimum absolute atomic E-state index is 0. The molecule has 0 nitrogen and oxygen atoms in total. The van der Waals surface area contributed by atoms with Gasteiger partial charge in [-0.2, -0.15) is 0 Å². The van der Waals surface area contributed by atoms with Crippen LogP contribution < -0.4 is 18.9 Å². The maximum absolute atomic E-state index is 2.25. The van der Waals surface area contributed by atoms with Crippen molar-refractivity contribution in [3.05, 3.63) is 0 Å². The van der Waals surface area contributed by atoms with Gasteiger partial charge in [0.1, 0.15) is 0 Å². The largest absolute Gasteiger partial charge is 1.00 e. The summed E-state index contributed by atoms with van der Waals surface area (Å²) >= 11 is 0.815. The molecule has 0 unspecified atom stereocenters. The summed E-state index contributed by atoms with van der Waals surface area (Å²) in [5.74, 6) is 0. The molecule has 0 aliphatic carbocycles. The van der Waals surface area contributed by atoms with Crippen molar-refractivity contribution >= 4 is 15.2 Å². The molecule has 1 radical (unpaired) electrons. The topological polar surface area (TPSA) is 0 Å². The first-order chi connectivity index (χ1) is 2.41. The van der Waals surface area contributed by atoms with E-state index in [2.05, 4.69) is 13.8 Å². The van der Waals surface area contributed by atoms with E-state index < -0.39 is 0 Å². The van der Waals surface area contributed by atoms with E-state index in [9.17, 15) is 0 Å². The van der Waals surface area contributed by atoms with Crippen LogP contribution in [-0.2, 0) is 0 Å². The van der Waals surface area contributed by atoms with Gasteiger partial charge in [0, 0.05) is 0 Å². The van der Waals surface area contributed by atoms with Crippen LogP contribution in [-0.4, -0.2) is 15.2 Å². The Morgan fingerprint density at radius 2 is 1.67 bits per heavy atom. The van der Waals surface area contributed by atoms with Gasteiger partial charge in [0.25, 0.3) is 0 Å². The molecule has 0 aliphatic rings. The van der Waals surface area contributed by atoms with E-state index in [-0.39, 0.29) is 20.3 Å². The van der Waals surface area contributed by atoms with Crippen molar-refractivity contribution in [2.45, 2.75) is 24.4 Å². The molecule has 6 heavy (non-hydrogen) atoms. The smallest absolute Gasteiger partial charge is 1.00 e. The quantitative estimate of drug-likeness (QED) is 0.371. The van der Waals surface area contributed by atoms with Gasteiger partial charge in [0.2, 0.25) is 0 Å². The zero-order valence-corrected chi connectivity index (χ0v) is 6.15. The van der Waals surface area contributed by atoms with E-state index in [4.69, 9.17) is 0 Å². The first-order valence-electron chi connectivity index (χ1n) is 2.23. The van der Waals surface area contributed by atoms with E-state index in [1.807, 2.05) is 0 Å². The van der Waals surface area contributed by atoms with Gasteiger partial charge in [-0.3, -0.25) is 0 Å². The third-order valence-electron chi connectivity index (χ3n) is 0.577. The fourth-order valence-corrected chi connectivity index (χ4v) is 0.866. The number of rotatable bonds is 2. The molecule has 0 spiro atoms. The summed E-state index contributed by atoms with van der Waals surface area (Å²) in [6, 6.07) is 0. The molecule has 0 aromatic rings. The molecule has 0 amide bonds.